The van der Waals surface area contributed by atoms with Crippen LogP contribution in [0.1, 0.15) is 41.7 Å². The standard InChI is InChI=1S/C28H30F3N5O/c29-28(30,31)19-6-5-7-21(16-19)34-20-10-14-36(15-11-20)13-4-3-12-32-27(37)25-17-23-22-8-1-2-9-24(22)35-26(23)18-33-25/h1-2,5-9,16-18,20,34-35H,3-4,10-15H2,(H,32,37). The van der Waals surface area contributed by atoms with E-state index in [4.69, 9.17) is 0 Å². The molecule has 1 fully saturated rings. The number of alkyl halides is 3. The molecule has 5 rings (SSSR count). The zero-order valence-electron chi connectivity index (χ0n) is 20.4. The minimum Gasteiger partial charge on any atom is -0.382 e. The SMILES string of the molecule is O=C(NCCCCN1CCC(Nc2cccc(C(F)(F)F)c2)CC1)c1cc2c(cn1)[nH]c1ccccc12. The van der Waals surface area contributed by atoms with Crippen LogP contribution in [0.4, 0.5) is 18.9 Å². The van der Waals surface area contributed by atoms with E-state index < -0.39 is 11.7 Å². The Bertz CT molecular complexity index is 1380. The molecule has 3 N–H and O–H groups in total. The van der Waals surface area contributed by atoms with Gasteiger partial charge in [-0.05, 0) is 62.6 Å². The van der Waals surface area contributed by atoms with Gasteiger partial charge in [-0.1, -0.05) is 24.3 Å². The number of unbranched alkanes of at least 4 members (excludes halogenated alkanes) is 1. The molecule has 1 saturated heterocycles. The van der Waals surface area contributed by atoms with Gasteiger partial charge in [0.25, 0.3) is 5.91 Å². The van der Waals surface area contributed by atoms with Crippen molar-refractivity contribution in [1.82, 2.24) is 20.2 Å². The second-order valence-electron chi connectivity index (χ2n) is 9.59. The van der Waals surface area contributed by atoms with Crippen molar-refractivity contribution in [2.45, 2.75) is 37.9 Å². The molecule has 0 bridgehead atoms. The van der Waals surface area contributed by atoms with Crippen molar-refractivity contribution in [2.75, 3.05) is 31.5 Å². The highest BCUT2D eigenvalue weighted by Gasteiger charge is 2.30. The van der Waals surface area contributed by atoms with Crippen LogP contribution in [-0.4, -0.2) is 53.0 Å². The number of hydrogen-bond acceptors (Lipinski definition) is 4. The average molecular weight is 510 g/mol. The fourth-order valence-electron chi connectivity index (χ4n) is 4.95. The highest BCUT2D eigenvalue weighted by molar-refractivity contribution is 6.09. The van der Waals surface area contributed by atoms with E-state index in [1.165, 1.54) is 12.1 Å². The van der Waals surface area contributed by atoms with E-state index in [2.05, 4.69) is 25.5 Å². The van der Waals surface area contributed by atoms with Crippen LogP contribution < -0.4 is 10.6 Å². The number of carbonyl (C=O) groups is 1. The van der Waals surface area contributed by atoms with Crippen molar-refractivity contribution in [3.8, 4) is 0 Å². The minimum absolute atomic E-state index is 0.168. The van der Waals surface area contributed by atoms with E-state index in [0.717, 1.165) is 73.2 Å². The van der Waals surface area contributed by atoms with E-state index in [1.807, 2.05) is 30.3 Å². The van der Waals surface area contributed by atoms with Crippen molar-refractivity contribution in [3.63, 3.8) is 0 Å². The summed E-state index contributed by atoms with van der Waals surface area (Å²) in [5, 5.41) is 8.29. The van der Waals surface area contributed by atoms with E-state index in [1.54, 1.807) is 12.3 Å². The molecule has 0 unspecified atom stereocenters. The van der Waals surface area contributed by atoms with Gasteiger partial charge in [0.1, 0.15) is 5.69 Å². The molecule has 9 heteroatoms. The van der Waals surface area contributed by atoms with Gasteiger partial charge in [-0.25, -0.2) is 4.98 Å². The highest BCUT2D eigenvalue weighted by atomic mass is 19.4. The molecule has 2 aromatic carbocycles. The van der Waals surface area contributed by atoms with Gasteiger partial charge in [0, 0.05) is 47.7 Å². The molecule has 6 nitrogen and oxygen atoms in total. The van der Waals surface area contributed by atoms with E-state index in [9.17, 15) is 18.0 Å². The third-order valence-electron chi connectivity index (χ3n) is 6.96. The number of para-hydroxylation sites is 1. The molecule has 0 atom stereocenters. The Morgan fingerprint density at radius 3 is 2.62 bits per heavy atom. The summed E-state index contributed by atoms with van der Waals surface area (Å²) in [6.45, 7) is 3.32. The van der Waals surface area contributed by atoms with Crippen LogP contribution in [0.2, 0.25) is 0 Å². The number of benzene rings is 2. The molecule has 1 aliphatic rings. The Morgan fingerprint density at radius 2 is 1.81 bits per heavy atom. The first-order valence-corrected chi connectivity index (χ1v) is 12.7. The smallest absolute Gasteiger partial charge is 0.382 e. The number of hydrogen-bond donors (Lipinski definition) is 3. The lowest BCUT2D eigenvalue weighted by Crippen LogP contribution is -2.39. The van der Waals surface area contributed by atoms with Gasteiger partial charge in [0.05, 0.1) is 17.3 Å². The van der Waals surface area contributed by atoms with Crippen molar-refractivity contribution in [1.29, 1.82) is 0 Å². The maximum Gasteiger partial charge on any atom is 0.416 e. The second kappa shape index (κ2) is 10.8. The molecule has 194 valence electrons. The molecule has 1 aliphatic heterocycles. The maximum atomic E-state index is 12.9. The number of halogens is 3. The van der Waals surface area contributed by atoms with Crippen LogP contribution >= 0.6 is 0 Å². The van der Waals surface area contributed by atoms with Gasteiger partial charge < -0.3 is 20.5 Å². The fraction of sp³-hybridized carbons (Fsp3) is 0.357. The molecule has 0 saturated carbocycles. The number of fused-ring (bicyclic) bond motifs is 3. The number of rotatable bonds is 8. The lowest BCUT2D eigenvalue weighted by atomic mass is 10.0. The summed E-state index contributed by atoms with van der Waals surface area (Å²) in [5.74, 6) is -0.173. The summed E-state index contributed by atoms with van der Waals surface area (Å²) in [6, 6.07) is 15.4. The van der Waals surface area contributed by atoms with Gasteiger partial charge in [0.2, 0.25) is 0 Å². The first-order chi connectivity index (χ1) is 17.9. The Balaban J connectivity index is 1.02. The van der Waals surface area contributed by atoms with Crippen LogP contribution in [0.15, 0.2) is 60.8 Å². The fourth-order valence-corrected chi connectivity index (χ4v) is 4.95. The molecule has 0 spiro atoms. The zero-order valence-corrected chi connectivity index (χ0v) is 20.4. The number of piperidine rings is 1. The minimum atomic E-state index is -4.33. The summed E-state index contributed by atoms with van der Waals surface area (Å²) < 4.78 is 38.8. The van der Waals surface area contributed by atoms with Crippen LogP contribution in [0.5, 0.6) is 0 Å². The first kappa shape index (κ1) is 25.1. The average Bonchev–Trinajstić information content (AvgIpc) is 3.27. The molecule has 37 heavy (non-hydrogen) atoms. The third kappa shape index (κ3) is 6.05. The van der Waals surface area contributed by atoms with Crippen molar-refractivity contribution in [2.24, 2.45) is 0 Å². The summed E-state index contributed by atoms with van der Waals surface area (Å²) in [7, 11) is 0. The molecule has 2 aromatic heterocycles. The topological polar surface area (TPSA) is 73.1 Å². The second-order valence-corrected chi connectivity index (χ2v) is 9.59. The number of likely N-dealkylation sites (tertiary alicyclic amines) is 1. The monoisotopic (exact) mass is 509 g/mol. The lowest BCUT2D eigenvalue weighted by molar-refractivity contribution is -0.137. The molecular weight excluding hydrogens is 479 g/mol. The number of carbonyl (C=O) groups excluding carboxylic acids is 1. The van der Waals surface area contributed by atoms with Crippen LogP contribution in [-0.2, 0) is 6.18 Å². The van der Waals surface area contributed by atoms with Gasteiger partial charge in [-0.3, -0.25) is 4.79 Å². The molecular formula is C28H30F3N5O. The Kier molecular flexibility index (Phi) is 7.32. The van der Waals surface area contributed by atoms with Crippen LogP contribution in [0.25, 0.3) is 21.8 Å². The lowest BCUT2D eigenvalue weighted by Gasteiger charge is -2.33. The number of anilines is 1. The van der Waals surface area contributed by atoms with E-state index in [0.29, 0.717) is 17.9 Å². The van der Waals surface area contributed by atoms with Crippen LogP contribution in [0, 0.1) is 0 Å². The van der Waals surface area contributed by atoms with Crippen molar-refractivity contribution in [3.05, 3.63) is 72.1 Å². The third-order valence-corrected chi connectivity index (χ3v) is 6.96. The molecule has 3 heterocycles. The summed E-state index contributed by atoms with van der Waals surface area (Å²) in [6.07, 6.45) is 0.964. The predicted molar refractivity (Wildman–Crippen MR) is 140 cm³/mol. The normalized spacial score (nSPS) is 15.3. The molecule has 1 amide bonds. The number of aromatic amines is 1. The molecule has 4 aromatic rings. The Hall–Kier alpha value is -3.59. The predicted octanol–water partition coefficient (Wildman–Crippen LogP) is 5.82. The largest absolute Gasteiger partial charge is 0.416 e. The number of pyridine rings is 1. The maximum absolute atomic E-state index is 12.9. The summed E-state index contributed by atoms with van der Waals surface area (Å²) in [5.41, 5.74) is 2.23. The number of aromatic nitrogens is 2. The van der Waals surface area contributed by atoms with E-state index in [-0.39, 0.29) is 11.9 Å². The number of H-pyrrole nitrogens is 1. The van der Waals surface area contributed by atoms with Gasteiger partial charge in [0.15, 0.2) is 0 Å². The van der Waals surface area contributed by atoms with Gasteiger partial charge >= 0.3 is 6.18 Å². The zero-order chi connectivity index (χ0) is 25.8. The Labute approximate surface area is 213 Å². The summed E-state index contributed by atoms with van der Waals surface area (Å²) >= 11 is 0. The van der Waals surface area contributed by atoms with E-state index >= 15 is 0 Å². The number of nitrogens with one attached hydrogen (secondary N) is 3. The Morgan fingerprint density at radius 1 is 1.00 bits per heavy atom. The number of amides is 1. The van der Waals surface area contributed by atoms with Gasteiger partial charge in [-0.2, -0.15) is 13.2 Å². The van der Waals surface area contributed by atoms with Crippen molar-refractivity contribution >= 4 is 33.4 Å². The quantitative estimate of drug-likeness (QED) is 0.262. The summed E-state index contributed by atoms with van der Waals surface area (Å²) in [4.78, 5) is 22.6. The van der Waals surface area contributed by atoms with Gasteiger partial charge in [-0.15, -0.1) is 0 Å². The molecule has 0 aliphatic carbocycles. The molecule has 0 radical (unpaired) electrons. The number of nitrogens with zero attached hydrogens (tertiary/aromatic N) is 2. The van der Waals surface area contributed by atoms with Crippen molar-refractivity contribution < 1.29 is 18.0 Å². The first-order valence-electron chi connectivity index (χ1n) is 12.7. The highest BCUT2D eigenvalue weighted by Crippen LogP contribution is 2.31. The van der Waals surface area contributed by atoms with Crippen LogP contribution in [0.3, 0.4) is 0 Å².